The summed E-state index contributed by atoms with van der Waals surface area (Å²) in [6.07, 6.45) is 2.67. The monoisotopic (exact) mass is 222 g/mol. The van der Waals surface area contributed by atoms with Crippen LogP contribution in [0.15, 0.2) is 18.2 Å². The fraction of sp³-hybridized carbons (Fsp3) is 0.462. The average molecular weight is 222 g/mol. The van der Waals surface area contributed by atoms with Crippen LogP contribution in [0, 0.1) is 0 Å². The minimum Gasteiger partial charge on any atom is -0.493 e. The molecule has 0 saturated heterocycles. The van der Waals surface area contributed by atoms with E-state index in [4.69, 9.17) is 9.47 Å². The molecule has 0 amide bonds. The molecule has 0 spiro atoms. The number of carbonyl (C=O) groups is 1. The molecule has 0 aliphatic carbocycles. The molecule has 0 aliphatic rings. The van der Waals surface area contributed by atoms with Gasteiger partial charge >= 0.3 is 0 Å². The summed E-state index contributed by atoms with van der Waals surface area (Å²) in [6.45, 7) is 5.36. The van der Waals surface area contributed by atoms with Crippen molar-refractivity contribution in [2.75, 3.05) is 13.2 Å². The zero-order chi connectivity index (χ0) is 11.8. The van der Waals surface area contributed by atoms with Crippen molar-refractivity contribution in [1.82, 2.24) is 0 Å². The number of carbonyl (C=O) groups excluding carboxylic acids is 1. The van der Waals surface area contributed by atoms with Crippen LogP contribution in [0.25, 0.3) is 0 Å². The maximum Gasteiger partial charge on any atom is 0.153 e. The van der Waals surface area contributed by atoms with Gasteiger partial charge in [0.2, 0.25) is 0 Å². The summed E-state index contributed by atoms with van der Waals surface area (Å²) in [6, 6.07) is 5.29. The lowest BCUT2D eigenvalue weighted by atomic mass is 10.2. The van der Waals surface area contributed by atoms with Gasteiger partial charge < -0.3 is 9.47 Å². The Morgan fingerprint density at radius 3 is 2.44 bits per heavy atom. The molecule has 1 rings (SSSR count). The van der Waals surface area contributed by atoms with E-state index in [1.807, 2.05) is 13.8 Å². The SMILES string of the molecule is CCCOc1ccc(C=O)c(OCCC)c1. The Bertz CT molecular complexity index is 334. The zero-order valence-corrected chi connectivity index (χ0v) is 9.86. The molecule has 0 saturated carbocycles. The minimum absolute atomic E-state index is 0.567. The normalized spacial score (nSPS) is 9.88. The Morgan fingerprint density at radius 2 is 1.81 bits per heavy atom. The highest BCUT2D eigenvalue weighted by atomic mass is 16.5. The number of aldehydes is 1. The number of ether oxygens (including phenoxy) is 2. The molecule has 3 heteroatoms. The third-order valence-electron chi connectivity index (χ3n) is 2.05. The lowest BCUT2D eigenvalue weighted by Gasteiger charge is -2.10. The van der Waals surface area contributed by atoms with Crippen LogP contribution in [-0.2, 0) is 0 Å². The topological polar surface area (TPSA) is 35.5 Å². The Morgan fingerprint density at radius 1 is 1.12 bits per heavy atom. The minimum atomic E-state index is 0.567. The smallest absolute Gasteiger partial charge is 0.153 e. The van der Waals surface area contributed by atoms with Crippen LogP contribution in [0.5, 0.6) is 11.5 Å². The van der Waals surface area contributed by atoms with E-state index >= 15 is 0 Å². The first-order valence-electron chi connectivity index (χ1n) is 5.66. The standard InChI is InChI=1S/C13H18O3/c1-3-7-15-12-6-5-11(10-14)13(9-12)16-8-4-2/h5-6,9-10H,3-4,7-8H2,1-2H3. The molecule has 0 N–H and O–H groups in total. The van der Waals surface area contributed by atoms with Crippen LogP contribution in [0.3, 0.4) is 0 Å². The Kier molecular flexibility index (Phi) is 5.40. The van der Waals surface area contributed by atoms with Gasteiger partial charge in [0.15, 0.2) is 6.29 Å². The average Bonchev–Trinajstić information content (AvgIpc) is 2.33. The molecule has 88 valence electrons. The third-order valence-corrected chi connectivity index (χ3v) is 2.05. The van der Waals surface area contributed by atoms with E-state index in [1.165, 1.54) is 0 Å². The number of hydrogen-bond donors (Lipinski definition) is 0. The van der Waals surface area contributed by atoms with E-state index < -0.39 is 0 Å². The van der Waals surface area contributed by atoms with Gasteiger partial charge in [-0.15, -0.1) is 0 Å². The highest BCUT2D eigenvalue weighted by Crippen LogP contribution is 2.24. The van der Waals surface area contributed by atoms with Crippen LogP contribution in [0.2, 0.25) is 0 Å². The largest absolute Gasteiger partial charge is 0.493 e. The molecule has 1 aromatic carbocycles. The summed E-state index contributed by atoms with van der Waals surface area (Å²) in [5.74, 6) is 1.35. The fourth-order valence-electron chi connectivity index (χ4n) is 1.26. The molecular weight excluding hydrogens is 204 g/mol. The van der Waals surface area contributed by atoms with E-state index in [2.05, 4.69) is 0 Å². The molecule has 3 nitrogen and oxygen atoms in total. The molecule has 0 unspecified atom stereocenters. The maximum atomic E-state index is 10.8. The van der Waals surface area contributed by atoms with E-state index in [-0.39, 0.29) is 0 Å². The first kappa shape index (κ1) is 12.6. The second kappa shape index (κ2) is 6.88. The molecule has 1 aromatic rings. The van der Waals surface area contributed by atoms with Gasteiger partial charge in [-0.05, 0) is 25.0 Å². The second-order valence-corrected chi connectivity index (χ2v) is 3.51. The molecule has 0 bridgehead atoms. The van der Waals surface area contributed by atoms with Crippen LogP contribution < -0.4 is 9.47 Å². The summed E-state index contributed by atoms with van der Waals surface area (Å²) in [4.78, 5) is 10.8. The van der Waals surface area contributed by atoms with Crippen LogP contribution in [0.4, 0.5) is 0 Å². The van der Waals surface area contributed by atoms with Gasteiger partial charge in [-0.1, -0.05) is 13.8 Å². The van der Waals surface area contributed by atoms with Crippen molar-refractivity contribution in [2.24, 2.45) is 0 Å². The number of rotatable bonds is 7. The Balaban J connectivity index is 2.78. The zero-order valence-electron chi connectivity index (χ0n) is 9.86. The molecule has 0 aliphatic heterocycles. The molecule has 0 atom stereocenters. The van der Waals surface area contributed by atoms with Crippen molar-refractivity contribution >= 4 is 6.29 Å². The van der Waals surface area contributed by atoms with Gasteiger partial charge in [0, 0.05) is 6.07 Å². The van der Waals surface area contributed by atoms with E-state index in [1.54, 1.807) is 18.2 Å². The first-order valence-corrected chi connectivity index (χ1v) is 5.66. The van der Waals surface area contributed by atoms with Gasteiger partial charge in [0.1, 0.15) is 11.5 Å². The summed E-state index contributed by atoms with van der Waals surface area (Å²) in [5.41, 5.74) is 0.567. The van der Waals surface area contributed by atoms with Crippen LogP contribution >= 0.6 is 0 Å². The Hall–Kier alpha value is -1.51. The number of benzene rings is 1. The first-order chi connectivity index (χ1) is 7.81. The third kappa shape index (κ3) is 3.57. The predicted octanol–water partition coefficient (Wildman–Crippen LogP) is 3.08. The Labute approximate surface area is 96.4 Å². The van der Waals surface area contributed by atoms with Gasteiger partial charge in [0.05, 0.1) is 18.8 Å². The maximum absolute atomic E-state index is 10.8. The highest BCUT2D eigenvalue weighted by Gasteiger charge is 2.04. The lowest BCUT2D eigenvalue weighted by Crippen LogP contribution is -2.00. The van der Waals surface area contributed by atoms with Gasteiger partial charge in [0.25, 0.3) is 0 Å². The molecule has 16 heavy (non-hydrogen) atoms. The summed E-state index contributed by atoms with van der Waals surface area (Å²) in [5, 5.41) is 0. The van der Waals surface area contributed by atoms with Crippen molar-refractivity contribution in [3.05, 3.63) is 23.8 Å². The van der Waals surface area contributed by atoms with Crippen molar-refractivity contribution in [1.29, 1.82) is 0 Å². The van der Waals surface area contributed by atoms with Gasteiger partial charge in [-0.25, -0.2) is 0 Å². The highest BCUT2D eigenvalue weighted by molar-refractivity contribution is 5.79. The van der Waals surface area contributed by atoms with Crippen molar-refractivity contribution in [3.8, 4) is 11.5 Å². The fourth-order valence-corrected chi connectivity index (χ4v) is 1.26. The number of hydrogen-bond acceptors (Lipinski definition) is 3. The lowest BCUT2D eigenvalue weighted by molar-refractivity contribution is 0.111. The quantitative estimate of drug-likeness (QED) is 0.665. The van der Waals surface area contributed by atoms with E-state index in [0.717, 1.165) is 24.9 Å². The van der Waals surface area contributed by atoms with Gasteiger partial charge in [-0.3, -0.25) is 4.79 Å². The van der Waals surface area contributed by atoms with Crippen molar-refractivity contribution in [3.63, 3.8) is 0 Å². The summed E-state index contributed by atoms with van der Waals surface area (Å²) < 4.78 is 11.0. The molecule has 0 radical (unpaired) electrons. The molecule has 0 heterocycles. The molecule has 0 aromatic heterocycles. The summed E-state index contributed by atoms with van der Waals surface area (Å²) in [7, 11) is 0. The van der Waals surface area contributed by atoms with E-state index in [9.17, 15) is 4.79 Å². The predicted molar refractivity (Wildman–Crippen MR) is 63.4 cm³/mol. The van der Waals surface area contributed by atoms with Crippen LogP contribution in [0.1, 0.15) is 37.0 Å². The van der Waals surface area contributed by atoms with Crippen molar-refractivity contribution in [2.45, 2.75) is 26.7 Å². The second-order valence-electron chi connectivity index (χ2n) is 3.51. The van der Waals surface area contributed by atoms with Crippen LogP contribution in [-0.4, -0.2) is 19.5 Å². The summed E-state index contributed by atoms with van der Waals surface area (Å²) >= 11 is 0. The molecular formula is C13H18O3. The van der Waals surface area contributed by atoms with Crippen molar-refractivity contribution < 1.29 is 14.3 Å². The van der Waals surface area contributed by atoms with Gasteiger partial charge in [-0.2, -0.15) is 0 Å². The van der Waals surface area contributed by atoms with E-state index in [0.29, 0.717) is 24.5 Å². The molecule has 0 fully saturated rings.